The number of aliphatic carboxylic acids is 1. The lowest BCUT2D eigenvalue weighted by Crippen LogP contribution is -2.60. The van der Waals surface area contributed by atoms with E-state index in [0.29, 0.717) is 32.2 Å². The van der Waals surface area contributed by atoms with Gasteiger partial charge in [-0.2, -0.15) is 12.6 Å². The van der Waals surface area contributed by atoms with Gasteiger partial charge in [-0.25, -0.2) is 0 Å². The third kappa shape index (κ3) is 20.2. The molecule has 10 atom stereocenters. The molecule has 0 saturated carbocycles. The van der Waals surface area contributed by atoms with E-state index in [0.717, 1.165) is 11.3 Å². The second kappa shape index (κ2) is 29.7. The summed E-state index contributed by atoms with van der Waals surface area (Å²) in [5, 5.41) is 41.9. The number of carboxylic acids is 1. The van der Waals surface area contributed by atoms with E-state index in [1.807, 2.05) is 0 Å². The Labute approximate surface area is 404 Å². The van der Waals surface area contributed by atoms with Gasteiger partial charge in [-0.05, 0) is 91.6 Å². The van der Waals surface area contributed by atoms with E-state index >= 15 is 0 Å². The Morgan fingerprint density at radius 2 is 1.19 bits per heavy atom. The summed E-state index contributed by atoms with van der Waals surface area (Å²) < 4.78 is 0. The van der Waals surface area contributed by atoms with Gasteiger partial charge >= 0.3 is 5.97 Å². The molecule has 11 amide bonds. The van der Waals surface area contributed by atoms with Crippen molar-refractivity contribution in [2.75, 3.05) is 31.9 Å². The monoisotopic (exact) mass is 999 g/mol. The van der Waals surface area contributed by atoms with E-state index in [9.17, 15) is 62.6 Å². The number of rotatable bonds is 30. The van der Waals surface area contributed by atoms with Gasteiger partial charge in [0.05, 0.1) is 18.7 Å². The standard InChI is InChI=1S/C41H69N13O14S/c1-20(47-40(66)32(22(3)55)53-37(63)26(12-14-30(44)57)50-34(60)23-9-6-16-45-23)33(59)46-18-31(58)54-17-7-10-28(54)39(65)51-25(11-13-29(43)56)36(62)49-24(8-4-5-15-42)35(61)52-27(19-69)38(64)48-21(2)41(67)68/h20-28,32,45,55,69H,4-19,42H2,1-3H3,(H2,43,56)(H2,44,57)(H,46,59)(H,47,66)(H,48,64)(H,49,62)(H,50,60)(H,51,65)(H,52,61)(H,53,63)(H,67,68)/t20-,21-,22+,23-,24-,25-,26-,27-,28-,32-/m0/s1. The number of amides is 11. The van der Waals surface area contributed by atoms with Crippen molar-refractivity contribution in [3.05, 3.63) is 0 Å². The van der Waals surface area contributed by atoms with Gasteiger partial charge in [0.25, 0.3) is 0 Å². The maximum Gasteiger partial charge on any atom is 0.325 e. The molecule has 2 aliphatic heterocycles. The summed E-state index contributed by atoms with van der Waals surface area (Å²) in [6, 6.07) is -11.3. The van der Waals surface area contributed by atoms with Gasteiger partial charge < -0.3 is 80.2 Å². The van der Waals surface area contributed by atoms with Crippen molar-refractivity contribution in [1.29, 1.82) is 0 Å². The zero-order valence-electron chi connectivity index (χ0n) is 39.0. The number of aliphatic hydroxyl groups excluding tert-OH is 1. The lowest BCUT2D eigenvalue weighted by molar-refractivity contribution is -0.141. The molecule has 388 valence electrons. The Hall–Kier alpha value is -6.13. The summed E-state index contributed by atoms with van der Waals surface area (Å²) in [5.41, 5.74) is 16.2. The van der Waals surface area contributed by atoms with Crippen LogP contribution in [-0.4, -0.2) is 178 Å². The highest BCUT2D eigenvalue weighted by Crippen LogP contribution is 2.18. The van der Waals surface area contributed by atoms with Crippen LogP contribution in [0.25, 0.3) is 0 Å². The summed E-state index contributed by atoms with van der Waals surface area (Å²) >= 11 is 4.08. The van der Waals surface area contributed by atoms with Crippen LogP contribution in [-0.2, 0) is 57.5 Å². The van der Waals surface area contributed by atoms with Crippen LogP contribution in [0, 0.1) is 0 Å². The van der Waals surface area contributed by atoms with Crippen molar-refractivity contribution < 1.29 is 67.7 Å². The highest BCUT2D eigenvalue weighted by Gasteiger charge is 2.38. The molecular formula is C41H69N13O14S. The van der Waals surface area contributed by atoms with Crippen LogP contribution in [0.15, 0.2) is 0 Å². The minimum Gasteiger partial charge on any atom is -0.480 e. The van der Waals surface area contributed by atoms with Crippen LogP contribution in [0.2, 0.25) is 0 Å². The van der Waals surface area contributed by atoms with Crippen LogP contribution in [0.4, 0.5) is 0 Å². The Morgan fingerprint density at radius 3 is 1.71 bits per heavy atom. The van der Waals surface area contributed by atoms with Crippen molar-refractivity contribution in [3.8, 4) is 0 Å². The minimum absolute atomic E-state index is 0.0217. The molecule has 0 spiro atoms. The Kier molecular flexibility index (Phi) is 25.4. The van der Waals surface area contributed by atoms with Gasteiger partial charge in [-0.1, -0.05) is 0 Å². The van der Waals surface area contributed by atoms with E-state index in [2.05, 4.69) is 60.5 Å². The van der Waals surface area contributed by atoms with Crippen LogP contribution >= 0.6 is 12.6 Å². The fourth-order valence-electron chi connectivity index (χ4n) is 7.22. The van der Waals surface area contributed by atoms with E-state index in [-0.39, 0.29) is 57.4 Å². The SMILES string of the molecule is C[C@H](NC(=O)[C@H](CS)NC(=O)[C@H](CCCCN)NC(=O)[C@H](CCC(N)=O)NC(=O)[C@@H]1CCCN1C(=O)CNC(=O)[C@H](C)NC(=O)[C@@H](NC(=O)[C@H](CCC(N)=O)NC(=O)[C@@H]1CCCN1)[C@@H](C)O)C(=O)O. The fraction of sp³-hybridized carbons (Fsp3) is 0.707. The smallest absolute Gasteiger partial charge is 0.325 e. The number of nitrogens with two attached hydrogens (primary N) is 3. The Bertz CT molecular complexity index is 1870. The fourth-order valence-corrected chi connectivity index (χ4v) is 7.48. The molecule has 0 unspecified atom stereocenters. The number of thiol groups is 1. The van der Waals surface area contributed by atoms with Gasteiger partial charge in [0, 0.05) is 25.1 Å². The average Bonchev–Trinajstić information content (AvgIpc) is 4.02. The van der Waals surface area contributed by atoms with Gasteiger partial charge in [-0.15, -0.1) is 0 Å². The van der Waals surface area contributed by atoms with Crippen molar-refractivity contribution in [2.45, 2.75) is 152 Å². The normalized spacial score (nSPS) is 18.8. The van der Waals surface area contributed by atoms with Crippen molar-refractivity contribution in [3.63, 3.8) is 0 Å². The number of nitrogens with one attached hydrogen (secondary N) is 9. The number of nitrogens with zero attached hydrogens (tertiary/aromatic N) is 1. The molecule has 2 fully saturated rings. The molecule has 0 aliphatic carbocycles. The third-order valence-corrected chi connectivity index (χ3v) is 11.6. The summed E-state index contributed by atoms with van der Waals surface area (Å²) in [6.45, 7) is 3.94. The number of carbonyl (C=O) groups is 12. The van der Waals surface area contributed by atoms with Crippen LogP contribution < -0.4 is 65.1 Å². The first-order chi connectivity index (χ1) is 32.5. The molecule has 17 N–H and O–H groups in total. The zero-order chi connectivity index (χ0) is 52.0. The van der Waals surface area contributed by atoms with E-state index in [1.165, 1.54) is 20.8 Å². The maximum absolute atomic E-state index is 13.7. The molecule has 0 radical (unpaired) electrons. The predicted molar refractivity (Wildman–Crippen MR) is 247 cm³/mol. The highest BCUT2D eigenvalue weighted by atomic mass is 32.1. The van der Waals surface area contributed by atoms with E-state index in [4.69, 9.17) is 22.3 Å². The van der Waals surface area contributed by atoms with Gasteiger partial charge in [0.15, 0.2) is 0 Å². The molecule has 0 bridgehead atoms. The summed E-state index contributed by atoms with van der Waals surface area (Å²) in [4.78, 5) is 155. The molecule has 2 saturated heterocycles. The average molecular weight is 1000 g/mol. The van der Waals surface area contributed by atoms with E-state index in [1.54, 1.807) is 0 Å². The maximum atomic E-state index is 13.7. The van der Waals surface area contributed by atoms with Gasteiger partial charge in [0.1, 0.15) is 48.3 Å². The highest BCUT2D eigenvalue weighted by molar-refractivity contribution is 7.80. The number of likely N-dealkylation sites (tertiary alicyclic amines) is 1. The Balaban J connectivity index is 2.11. The molecule has 2 aliphatic rings. The summed E-state index contributed by atoms with van der Waals surface area (Å²) in [7, 11) is 0. The number of carbonyl (C=O) groups excluding carboxylic acids is 11. The molecular weight excluding hydrogens is 931 g/mol. The number of hydrogen-bond acceptors (Lipinski definition) is 16. The van der Waals surface area contributed by atoms with E-state index < -0.39 is 138 Å². The topological polar surface area (TPSA) is 435 Å². The van der Waals surface area contributed by atoms with Crippen LogP contribution in [0.3, 0.4) is 0 Å². The molecule has 69 heavy (non-hydrogen) atoms. The predicted octanol–water partition coefficient (Wildman–Crippen LogP) is -6.67. The number of unbranched alkanes of at least 4 members (excludes halogenated alkanes) is 1. The number of aliphatic hydroxyl groups is 1. The third-order valence-electron chi connectivity index (χ3n) is 11.2. The number of hydrogen-bond donors (Lipinski definition) is 15. The first-order valence-electron chi connectivity index (χ1n) is 22.7. The quantitative estimate of drug-likeness (QED) is 0.0235. The van der Waals surface area contributed by atoms with Crippen LogP contribution in [0.5, 0.6) is 0 Å². The zero-order valence-corrected chi connectivity index (χ0v) is 39.9. The second-order valence-electron chi connectivity index (χ2n) is 16.9. The molecule has 0 aromatic rings. The van der Waals surface area contributed by atoms with Gasteiger partial charge in [-0.3, -0.25) is 57.5 Å². The summed E-state index contributed by atoms with van der Waals surface area (Å²) in [5.74, 6) is -10.5. The number of primary amides is 2. The Morgan fingerprint density at radius 1 is 0.652 bits per heavy atom. The molecule has 0 aromatic heterocycles. The van der Waals surface area contributed by atoms with Gasteiger partial charge in [0.2, 0.25) is 65.0 Å². The molecule has 0 aromatic carbocycles. The van der Waals surface area contributed by atoms with Crippen molar-refractivity contribution >= 4 is 83.6 Å². The minimum atomic E-state index is -1.64. The summed E-state index contributed by atoms with van der Waals surface area (Å²) in [6.07, 6.45) is -0.163. The first-order valence-corrected chi connectivity index (χ1v) is 23.4. The lowest BCUT2D eigenvalue weighted by atomic mass is 10.0. The first kappa shape index (κ1) is 59.0. The largest absolute Gasteiger partial charge is 0.480 e. The van der Waals surface area contributed by atoms with Crippen molar-refractivity contribution in [2.24, 2.45) is 17.2 Å². The number of carboxylic acid groups (broad SMARTS) is 1. The second-order valence-corrected chi connectivity index (χ2v) is 17.2. The lowest BCUT2D eigenvalue weighted by Gasteiger charge is -2.28. The molecule has 2 heterocycles. The van der Waals surface area contributed by atoms with Crippen molar-refractivity contribution in [1.82, 2.24) is 52.8 Å². The van der Waals surface area contributed by atoms with Crippen LogP contribution in [0.1, 0.15) is 91.4 Å². The molecule has 27 nitrogen and oxygen atoms in total. The molecule has 28 heteroatoms. The molecule has 2 rings (SSSR count).